The van der Waals surface area contributed by atoms with E-state index in [4.69, 9.17) is 9.47 Å². The number of ketones is 1. The quantitative estimate of drug-likeness (QED) is 0.164. The Balaban J connectivity index is 1.49. The lowest BCUT2D eigenvalue weighted by molar-refractivity contribution is -0.149. The Morgan fingerprint density at radius 2 is 1.74 bits per heavy atom. The molecular formula is C41H60N4O7S. The standard InChI is InChI=1S/C41H60N4O7S/c1-9-45-19-11-10-12-34(45)36(47)22-32(30-17-18-30)40(49)44(7)35(25(2)3)23-37(52-28(6)46)39-43-33(24-53-39)38(48)42-31(20-27(5)41(50)51-8)21-29-15-13-26(4)14-16-29/h13-16,24-25,27,30-32,34-35,37H,9-12,17-23H2,1-8H3,(H,42,48)/t27-,31+,32-,34+,35+,37+/m0/s1. The van der Waals surface area contributed by atoms with Crippen LogP contribution < -0.4 is 5.32 Å². The number of likely N-dealkylation sites (tertiary alicyclic amines) is 1. The predicted octanol–water partition coefficient (Wildman–Crippen LogP) is 6.33. The van der Waals surface area contributed by atoms with Gasteiger partial charge in [-0.2, -0.15) is 0 Å². The van der Waals surface area contributed by atoms with Crippen LogP contribution in [0, 0.1) is 30.6 Å². The zero-order chi connectivity index (χ0) is 38.8. The SMILES string of the molecule is CCN1CCCC[C@@H]1C(=O)C[C@H](C(=O)N(C)[C@H](C[C@@H](OC(C)=O)c1nc(C(=O)N[C@@H](Cc2ccc(C)cc2)C[C@H](C)C(=O)OC)cs1)C(C)C)C1CC1. The average molecular weight is 753 g/mol. The van der Waals surface area contributed by atoms with Gasteiger partial charge in [-0.05, 0) is 75.9 Å². The van der Waals surface area contributed by atoms with E-state index in [0.29, 0.717) is 24.3 Å². The van der Waals surface area contributed by atoms with Gasteiger partial charge in [-0.25, -0.2) is 4.98 Å². The molecule has 12 heteroatoms. The molecule has 2 heterocycles. The number of esters is 2. The monoisotopic (exact) mass is 752 g/mol. The van der Waals surface area contributed by atoms with Gasteiger partial charge in [0.25, 0.3) is 5.91 Å². The number of piperidine rings is 1. The van der Waals surface area contributed by atoms with Crippen molar-refractivity contribution in [1.82, 2.24) is 20.1 Å². The highest BCUT2D eigenvalue weighted by atomic mass is 32.1. The second-order valence-electron chi connectivity index (χ2n) is 15.4. The summed E-state index contributed by atoms with van der Waals surface area (Å²) in [5.74, 6) is -1.70. The van der Waals surface area contributed by atoms with Crippen molar-refractivity contribution in [1.29, 1.82) is 0 Å². The maximum absolute atomic E-state index is 14.2. The summed E-state index contributed by atoms with van der Waals surface area (Å²) in [7, 11) is 3.14. The normalized spacial score (nSPS) is 19.1. The van der Waals surface area contributed by atoms with E-state index >= 15 is 0 Å². The molecule has 1 saturated heterocycles. The number of benzene rings is 1. The molecule has 4 rings (SSSR count). The zero-order valence-electron chi connectivity index (χ0n) is 32.9. The molecule has 1 aliphatic heterocycles. The molecule has 2 aromatic rings. The first-order chi connectivity index (χ1) is 25.2. The fourth-order valence-corrected chi connectivity index (χ4v) is 8.53. The van der Waals surface area contributed by atoms with E-state index in [9.17, 15) is 24.0 Å². The van der Waals surface area contributed by atoms with Gasteiger partial charge in [0.05, 0.1) is 19.1 Å². The number of thiazole rings is 1. The molecule has 1 aliphatic carbocycles. The molecule has 2 aliphatic rings. The number of nitrogens with zero attached hydrogens (tertiary/aromatic N) is 3. The van der Waals surface area contributed by atoms with Crippen LogP contribution in [-0.2, 0) is 35.1 Å². The fourth-order valence-electron chi connectivity index (χ4n) is 7.69. The number of likely N-dealkylation sites (N-methyl/N-ethyl adjacent to an activating group) is 1. The van der Waals surface area contributed by atoms with E-state index in [1.165, 1.54) is 25.4 Å². The summed E-state index contributed by atoms with van der Waals surface area (Å²) in [5.41, 5.74) is 2.33. The topological polar surface area (TPSA) is 135 Å². The number of nitrogens with one attached hydrogen (secondary N) is 1. The third-order valence-corrected chi connectivity index (χ3v) is 11.8. The lowest BCUT2D eigenvalue weighted by atomic mass is 9.88. The van der Waals surface area contributed by atoms with Crippen molar-refractivity contribution < 1.29 is 33.4 Å². The van der Waals surface area contributed by atoms with Gasteiger partial charge in [0.1, 0.15) is 10.7 Å². The molecule has 0 spiro atoms. The number of hydrogen-bond acceptors (Lipinski definition) is 10. The van der Waals surface area contributed by atoms with Crippen molar-refractivity contribution in [2.75, 3.05) is 27.2 Å². The molecule has 1 N–H and O–H groups in total. The van der Waals surface area contributed by atoms with Gasteiger partial charge in [-0.3, -0.25) is 28.9 Å². The Morgan fingerprint density at radius 1 is 1.04 bits per heavy atom. The molecule has 1 aromatic heterocycles. The first-order valence-corrected chi connectivity index (χ1v) is 20.2. The van der Waals surface area contributed by atoms with Gasteiger partial charge in [0.15, 0.2) is 11.9 Å². The molecule has 1 aromatic carbocycles. The number of ether oxygens (including phenoxy) is 2. The Morgan fingerprint density at radius 3 is 2.34 bits per heavy atom. The van der Waals surface area contributed by atoms with Crippen molar-refractivity contribution in [3.05, 3.63) is 51.5 Å². The largest absolute Gasteiger partial charge is 0.469 e. The van der Waals surface area contributed by atoms with Crippen LogP contribution in [0.4, 0.5) is 0 Å². The fraction of sp³-hybridized carbons (Fsp3) is 0.659. The number of carbonyl (C=O) groups excluding carboxylic acids is 5. The summed E-state index contributed by atoms with van der Waals surface area (Å²) in [4.78, 5) is 74.8. The number of rotatable bonds is 19. The Labute approximate surface area is 319 Å². The van der Waals surface area contributed by atoms with Crippen LogP contribution in [0.1, 0.15) is 119 Å². The lowest BCUT2D eigenvalue weighted by Crippen LogP contribution is -2.48. The first kappa shape index (κ1) is 42.1. The average Bonchev–Trinajstić information content (AvgIpc) is 3.86. The molecule has 0 bridgehead atoms. The Hall–Kier alpha value is -3.64. The Kier molecular flexibility index (Phi) is 15.6. The Bertz CT molecular complexity index is 1560. The second-order valence-corrected chi connectivity index (χ2v) is 16.3. The third kappa shape index (κ3) is 11.9. The molecule has 2 fully saturated rings. The summed E-state index contributed by atoms with van der Waals surface area (Å²) in [5, 5.41) is 5.18. The van der Waals surface area contributed by atoms with Crippen molar-refractivity contribution >= 4 is 40.9 Å². The van der Waals surface area contributed by atoms with Crippen LogP contribution in [0.15, 0.2) is 29.6 Å². The molecule has 0 unspecified atom stereocenters. The van der Waals surface area contributed by atoms with E-state index in [-0.39, 0.29) is 65.7 Å². The number of aromatic nitrogens is 1. The highest BCUT2D eigenvalue weighted by Crippen LogP contribution is 2.41. The highest BCUT2D eigenvalue weighted by Gasteiger charge is 2.43. The summed E-state index contributed by atoms with van der Waals surface area (Å²) < 4.78 is 10.8. The maximum atomic E-state index is 14.2. The smallest absolute Gasteiger partial charge is 0.308 e. The first-order valence-electron chi connectivity index (χ1n) is 19.3. The molecule has 53 heavy (non-hydrogen) atoms. The molecule has 1 saturated carbocycles. The van der Waals surface area contributed by atoms with Gasteiger partial charge < -0.3 is 19.7 Å². The summed E-state index contributed by atoms with van der Waals surface area (Å²) in [6.07, 6.45) is 5.51. The molecule has 292 valence electrons. The van der Waals surface area contributed by atoms with E-state index in [1.54, 1.807) is 24.3 Å². The van der Waals surface area contributed by atoms with Crippen LogP contribution in [0.25, 0.3) is 0 Å². The third-order valence-electron chi connectivity index (χ3n) is 10.9. The minimum absolute atomic E-state index is 0.00792. The van der Waals surface area contributed by atoms with Crippen molar-refractivity contribution in [3.8, 4) is 0 Å². The maximum Gasteiger partial charge on any atom is 0.308 e. The van der Waals surface area contributed by atoms with E-state index in [1.807, 2.05) is 45.0 Å². The number of amides is 2. The van der Waals surface area contributed by atoms with Crippen LogP contribution in [0.3, 0.4) is 0 Å². The minimum atomic E-state index is -0.786. The molecule has 11 nitrogen and oxygen atoms in total. The minimum Gasteiger partial charge on any atom is -0.469 e. The van der Waals surface area contributed by atoms with Crippen LogP contribution in [-0.4, -0.2) is 89.7 Å². The van der Waals surface area contributed by atoms with E-state index in [2.05, 4.69) is 22.1 Å². The van der Waals surface area contributed by atoms with Gasteiger partial charge in [-0.15, -0.1) is 11.3 Å². The van der Waals surface area contributed by atoms with Gasteiger partial charge in [0, 0.05) is 50.2 Å². The lowest BCUT2D eigenvalue weighted by Gasteiger charge is -2.37. The van der Waals surface area contributed by atoms with Crippen LogP contribution >= 0.6 is 11.3 Å². The summed E-state index contributed by atoms with van der Waals surface area (Å²) in [6, 6.07) is 7.24. The molecule has 2 amide bonds. The summed E-state index contributed by atoms with van der Waals surface area (Å²) >= 11 is 1.23. The summed E-state index contributed by atoms with van der Waals surface area (Å²) in [6.45, 7) is 13.0. The van der Waals surface area contributed by atoms with Crippen molar-refractivity contribution in [2.24, 2.45) is 23.7 Å². The van der Waals surface area contributed by atoms with Crippen LogP contribution in [0.2, 0.25) is 0 Å². The number of aryl methyl sites for hydroxylation is 1. The second kappa shape index (κ2) is 19.6. The van der Waals surface area contributed by atoms with Crippen LogP contribution in [0.5, 0.6) is 0 Å². The van der Waals surface area contributed by atoms with E-state index in [0.717, 1.165) is 56.3 Å². The van der Waals surface area contributed by atoms with Crippen molar-refractivity contribution in [2.45, 2.75) is 124 Å². The predicted molar refractivity (Wildman–Crippen MR) is 205 cm³/mol. The zero-order valence-corrected chi connectivity index (χ0v) is 33.7. The van der Waals surface area contributed by atoms with E-state index < -0.39 is 23.9 Å². The molecule has 6 atom stereocenters. The number of methoxy groups -OCH3 is 1. The molecule has 0 radical (unpaired) electrons. The van der Waals surface area contributed by atoms with Gasteiger partial charge in [-0.1, -0.05) is 63.9 Å². The number of Topliss-reactive ketones (excluding diaryl/α,β-unsaturated/α-hetero) is 1. The van der Waals surface area contributed by atoms with Crippen molar-refractivity contribution in [3.63, 3.8) is 0 Å². The number of hydrogen-bond donors (Lipinski definition) is 1. The van der Waals surface area contributed by atoms with Gasteiger partial charge >= 0.3 is 11.9 Å². The molecular weight excluding hydrogens is 693 g/mol. The van der Waals surface area contributed by atoms with Gasteiger partial charge in [0.2, 0.25) is 5.91 Å². The number of carbonyl (C=O) groups is 5. The highest BCUT2D eigenvalue weighted by molar-refractivity contribution is 7.09.